The predicted octanol–water partition coefficient (Wildman–Crippen LogP) is 2.51. The molecule has 1 aromatic rings. The standard InChI is InChI=1S/C12H15BrN2O/c1-3-5-15(6-4-2)12-10(9-16)7-11(13)8-14-12/h3-4,7-8,16H,1-2,5-6,9H2. The fraction of sp³-hybridized carbons (Fsp3) is 0.250. The van der Waals surface area contributed by atoms with Crippen molar-refractivity contribution in [3.8, 4) is 0 Å². The van der Waals surface area contributed by atoms with Crippen molar-refractivity contribution in [3.63, 3.8) is 0 Å². The quantitative estimate of drug-likeness (QED) is 0.815. The Balaban J connectivity index is 3.06. The lowest BCUT2D eigenvalue weighted by Gasteiger charge is -2.22. The van der Waals surface area contributed by atoms with Crippen LogP contribution in [-0.2, 0) is 6.61 Å². The Kier molecular flexibility index (Phi) is 5.22. The van der Waals surface area contributed by atoms with Crippen molar-refractivity contribution in [1.82, 2.24) is 4.98 Å². The second-order valence-electron chi connectivity index (χ2n) is 3.28. The highest BCUT2D eigenvalue weighted by molar-refractivity contribution is 9.10. The molecule has 4 heteroatoms. The molecule has 0 fully saturated rings. The molecule has 16 heavy (non-hydrogen) atoms. The van der Waals surface area contributed by atoms with E-state index in [-0.39, 0.29) is 6.61 Å². The van der Waals surface area contributed by atoms with Gasteiger partial charge in [0.1, 0.15) is 5.82 Å². The van der Waals surface area contributed by atoms with E-state index in [4.69, 9.17) is 0 Å². The number of nitrogens with zero attached hydrogens (tertiary/aromatic N) is 2. The van der Waals surface area contributed by atoms with Crippen LogP contribution >= 0.6 is 15.9 Å². The molecule has 0 aromatic carbocycles. The molecule has 0 aliphatic carbocycles. The van der Waals surface area contributed by atoms with Gasteiger partial charge in [-0.1, -0.05) is 12.2 Å². The second kappa shape index (κ2) is 6.45. The van der Waals surface area contributed by atoms with Crippen LogP contribution in [0.25, 0.3) is 0 Å². The van der Waals surface area contributed by atoms with E-state index in [0.29, 0.717) is 13.1 Å². The van der Waals surface area contributed by atoms with Crippen LogP contribution in [0.5, 0.6) is 0 Å². The fourth-order valence-corrected chi connectivity index (χ4v) is 1.81. The number of anilines is 1. The van der Waals surface area contributed by atoms with Crippen LogP contribution in [-0.4, -0.2) is 23.2 Å². The van der Waals surface area contributed by atoms with Gasteiger partial charge in [0.05, 0.1) is 6.61 Å². The molecule has 0 aliphatic heterocycles. The molecule has 0 amide bonds. The van der Waals surface area contributed by atoms with Gasteiger partial charge in [0.25, 0.3) is 0 Å². The molecule has 0 spiro atoms. The summed E-state index contributed by atoms with van der Waals surface area (Å²) in [6.45, 7) is 8.72. The van der Waals surface area contributed by atoms with Crippen LogP contribution in [0.2, 0.25) is 0 Å². The molecule has 86 valence electrons. The van der Waals surface area contributed by atoms with E-state index in [2.05, 4.69) is 34.1 Å². The summed E-state index contributed by atoms with van der Waals surface area (Å²) in [5.41, 5.74) is 0.790. The Morgan fingerprint density at radius 2 is 2.00 bits per heavy atom. The summed E-state index contributed by atoms with van der Waals surface area (Å²) in [7, 11) is 0. The highest BCUT2D eigenvalue weighted by Gasteiger charge is 2.10. The van der Waals surface area contributed by atoms with Crippen LogP contribution in [0, 0.1) is 0 Å². The Labute approximate surface area is 104 Å². The number of hydrogen-bond acceptors (Lipinski definition) is 3. The summed E-state index contributed by atoms with van der Waals surface area (Å²) in [6, 6.07) is 1.86. The summed E-state index contributed by atoms with van der Waals surface area (Å²) in [5.74, 6) is 0.769. The first-order chi connectivity index (χ1) is 7.72. The third kappa shape index (κ3) is 3.18. The van der Waals surface area contributed by atoms with E-state index >= 15 is 0 Å². The number of rotatable bonds is 6. The first kappa shape index (κ1) is 12.9. The smallest absolute Gasteiger partial charge is 0.134 e. The van der Waals surface area contributed by atoms with E-state index < -0.39 is 0 Å². The SMILES string of the molecule is C=CCN(CC=C)c1ncc(Br)cc1CO. The molecule has 1 heterocycles. The number of pyridine rings is 1. The lowest BCUT2D eigenvalue weighted by molar-refractivity contribution is 0.281. The molecule has 0 unspecified atom stereocenters. The minimum atomic E-state index is -0.0352. The Morgan fingerprint density at radius 3 is 2.50 bits per heavy atom. The molecule has 0 saturated heterocycles. The van der Waals surface area contributed by atoms with Crippen LogP contribution in [0.1, 0.15) is 5.56 Å². The van der Waals surface area contributed by atoms with E-state index in [9.17, 15) is 5.11 Å². The molecular weight excluding hydrogens is 268 g/mol. The van der Waals surface area contributed by atoms with Gasteiger partial charge in [0, 0.05) is 29.3 Å². The zero-order valence-corrected chi connectivity index (χ0v) is 10.7. The topological polar surface area (TPSA) is 36.4 Å². The molecule has 3 nitrogen and oxygen atoms in total. The lowest BCUT2D eigenvalue weighted by Crippen LogP contribution is -2.25. The Bertz CT molecular complexity index is 369. The molecule has 0 saturated carbocycles. The maximum Gasteiger partial charge on any atom is 0.134 e. The maximum atomic E-state index is 9.29. The van der Waals surface area contributed by atoms with Gasteiger partial charge in [-0.05, 0) is 22.0 Å². The molecule has 0 aliphatic rings. The van der Waals surface area contributed by atoms with E-state index in [1.54, 1.807) is 18.3 Å². The average Bonchev–Trinajstić information content (AvgIpc) is 2.28. The fourth-order valence-electron chi connectivity index (χ4n) is 1.43. The van der Waals surface area contributed by atoms with Crippen LogP contribution in [0.4, 0.5) is 5.82 Å². The Hall–Kier alpha value is -1.13. The van der Waals surface area contributed by atoms with E-state index in [0.717, 1.165) is 15.9 Å². The van der Waals surface area contributed by atoms with Crippen LogP contribution < -0.4 is 4.90 Å². The second-order valence-corrected chi connectivity index (χ2v) is 4.19. The van der Waals surface area contributed by atoms with E-state index in [1.165, 1.54) is 0 Å². The summed E-state index contributed by atoms with van der Waals surface area (Å²) in [6.07, 6.45) is 5.32. The normalized spacial score (nSPS) is 9.88. The Morgan fingerprint density at radius 1 is 1.38 bits per heavy atom. The minimum Gasteiger partial charge on any atom is -0.392 e. The van der Waals surface area contributed by atoms with Gasteiger partial charge in [-0.3, -0.25) is 0 Å². The predicted molar refractivity (Wildman–Crippen MR) is 70.5 cm³/mol. The van der Waals surface area contributed by atoms with Crippen LogP contribution in [0.3, 0.4) is 0 Å². The molecule has 1 aromatic heterocycles. The van der Waals surface area contributed by atoms with Crippen molar-refractivity contribution in [3.05, 3.63) is 47.6 Å². The maximum absolute atomic E-state index is 9.29. The lowest BCUT2D eigenvalue weighted by atomic mass is 10.2. The molecule has 1 N–H and O–H groups in total. The van der Waals surface area contributed by atoms with Crippen molar-refractivity contribution in [2.45, 2.75) is 6.61 Å². The summed E-state index contributed by atoms with van der Waals surface area (Å²) < 4.78 is 0.859. The zero-order chi connectivity index (χ0) is 12.0. The van der Waals surface area contributed by atoms with Gasteiger partial charge in [-0.25, -0.2) is 4.98 Å². The number of halogens is 1. The van der Waals surface area contributed by atoms with Gasteiger partial charge >= 0.3 is 0 Å². The highest BCUT2D eigenvalue weighted by atomic mass is 79.9. The first-order valence-electron chi connectivity index (χ1n) is 4.95. The number of aromatic nitrogens is 1. The number of aliphatic hydroxyl groups is 1. The van der Waals surface area contributed by atoms with Crippen molar-refractivity contribution >= 4 is 21.7 Å². The molecule has 1 rings (SSSR count). The van der Waals surface area contributed by atoms with Crippen molar-refractivity contribution in [1.29, 1.82) is 0 Å². The van der Waals surface area contributed by atoms with Gasteiger partial charge < -0.3 is 10.0 Å². The monoisotopic (exact) mass is 282 g/mol. The zero-order valence-electron chi connectivity index (χ0n) is 9.06. The highest BCUT2D eigenvalue weighted by Crippen LogP contribution is 2.21. The summed E-state index contributed by atoms with van der Waals surface area (Å²) in [4.78, 5) is 6.31. The summed E-state index contributed by atoms with van der Waals surface area (Å²) in [5, 5.41) is 9.29. The van der Waals surface area contributed by atoms with Crippen molar-refractivity contribution < 1.29 is 5.11 Å². The third-order valence-electron chi connectivity index (χ3n) is 2.08. The van der Waals surface area contributed by atoms with Crippen molar-refractivity contribution in [2.24, 2.45) is 0 Å². The van der Waals surface area contributed by atoms with Crippen molar-refractivity contribution in [2.75, 3.05) is 18.0 Å². The average molecular weight is 283 g/mol. The number of hydrogen-bond donors (Lipinski definition) is 1. The van der Waals surface area contributed by atoms with Gasteiger partial charge in [-0.2, -0.15) is 0 Å². The molecule has 0 radical (unpaired) electrons. The molecule has 0 atom stereocenters. The largest absolute Gasteiger partial charge is 0.392 e. The van der Waals surface area contributed by atoms with E-state index in [1.807, 2.05) is 11.0 Å². The first-order valence-corrected chi connectivity index (χ1v) is 5.74. The molecular formula is C12H15BrN2O. The minimum absolute atomic E-state index is 0.0352. The molecule has 0 bridgehead atoms. The third-order valence-corrected chi connectivity index (χ3v) is 2.51. The van der Waals surface area contributed by atoms with Gasteiger partial charge in [0.15, 0.2) is 0 Å². The summed E-state index contributed by atoms with van der Waals surface area (Å²) >= 11 is 3.33. The van der Waals surface area contributed by atoms with Gasteiger partial charge in [-0.15, -0.1) is 13.2 Å². The van der Waals surface area contributed by atoms with Crippen LogP contribution in [0.15, 0.2) is 42.0 Å². The van der Waals surface area contributed by atoms with Gasteiger partial charge in [0.2, 0.25) is 0 Å². The number of aliphatic hydroxyl groups excluding tert-OH is 1.